The van der Waals surface area contributed by atoms with Crippen LogP contribution in [0, 0.1) is 11.8 Å². The molecule has 0 atom stereocenters. The standard InChI is InChI=1S/C10H16ClNO/c1-12(10(13)8-2-3-8)6-7-4-9(11)5-7/h7-9H,2-6H2,1H3. The largest absolute Gasteiger partial charge is 0.345 e. The molecule has 0 aromatic heterocycles. The number of rotatable bonds is 3. The quantitative estimate of drug-likeness (QED) is 0.639. The number of alkyl halides is 1. The van der Waals surface area contributed by atoms with Gasteiger partial charge in [0, 0.05) is 24.9 Å². The molecule has 2 fully saturated rings. The van der Waals surface area contributed by atoms with Gasteiger partial charge in [0.15, 0.2) is 0 Å². The van der Waals surface area contributed by atoms with E-state index in [0.717, 1.165) is 32.2 Å². The van der Waals surface area contributed by atoms with Crippen LogP contribution in [0.25, 0.3) is 0 Å². The van der Waals surface area contributed by atoms with Crippen LogP contribution in [-0.2, 0) is 4.79 Å². The van der Waals surface area contributed by atoms with E-state index in [1.165, 1.54) is 0 Å². The van der Waals surface area contributed by atoms with Gasteiger partial charge in [0.25, 0.3) is 0 Å². The summed E-state index contributed by atoms with van der Waals surface area (Å²) in [5.41, 5.74) is 0. The van der Waals surface area contributed by atoms with E-state index in [2.05, 4.69) is 0 Å². The summed E-state index contributed by atoms with van der Waals surface area (Å²) in [6.07, 6.45) is 4.38. The fourth-order valence-electron chi connectivity index (χ4n) is 1.92. The second kappa shape index (κ2) is 3.49. The van der Waals surface area contributed by atoms with E-state index in [0.29, 0.717) is 23.1 Å². The summed E-state index contributed by atoms with van der Waals surface area (Å²) in [5.74, 6) is 1.37. The van der Waals surface area contributed by atoms with Crippen LogP contribution in [0.5, 0.6) is 0 Å². The number of carbonyl (C=O) groups is 1. The van der Waals surface area contributed by atoms with E-state index in [4.69, 9.17) is 11.6 Å². The Morgan fingerprint density at radius 1 is 1.46 bits per heavy atom. The first-order valence-corrected chi connectivity index (χ1v) is 5.49. The van der Waals surface area contributed by atoms with Crippen LogP contribution in [0.1, 0.15) is 25.7 Å². The molecule has 0 spiro atoms. The Bertz CT molecular complexity index is 209. The predicted molar refractivity (Wildman–Crippen MR) is 52.7 cm³/mol. The van der Waals surface area contributed by atoms with Gasteiger partial charge in [-0.05, 0) is 31.6 Å². The van der Waals surface area contributed by atoms with Gasteiger partial charge in [0.05, 0.1) is 0 Å². The molecule has 0 radical (unpaired) electrons. The number of halogens is 1. The number of hydrogen-bond acceptors (Lipinski definition) is 1. The lowest BCUT2D eigenvalue weighted by Gasteiger charge is -2.34. The third-order valence-corrected chi connectivity index (χ3v) is 3.37. The predicted octanol–water partition coefficient (Wildman–Crippen LogP) is 1.87. The van der Waals surface area contributed by atoms with Crippen LogP contribution >= 0.6 is 11.6 Å². The normalized spacial score (nSPS) is 32.5. The van der Waals surface area contributed by atoms with Gasteiger partial charge in [0.2, 0.25) is 5.91 Å². The van der Waals surface area contributed by atoms with Gasteiger partial charge in [-0.2, -0.15) is 0 Å². The Hall–Kier alpha value is -0.240. The van der Waals surface area contributed by atoms with Gasteiger partial charge >= 0.3 is 0 Å². The molecule has 1 amide bonds. The maximum absolute atomic E-state index is 11.6. The Balaban J connectivity index is 1.71. The average Bonchev–Trinajstić information content (AvgIpc) is 2.82. The maximum Gasteiger partial charge on any atom is 0.225 e. The molecule has 13 heavy (non-hydrogen) atoms. The number of nitrogens with zero attached hydrogens (tertiary/aromatic N) is 1. The first-order valence-electron chi connectivity index (χ1n) is 5.06. The van der Waals surface area contributed by atoms with E-state index in [9.17, 15) is 4.79 Å². The third kappa shape index (κ3) is 2.16. The average molecular weight is 202 g/mol. The van der Waals surface area contributed by atoms with E-state index in [1.807, 2.05) is 11.9 Å². The smallest absolute Gasteiger partial charge is 0.225 e. The Morgan fingerprint density at radius 3 is 2.54 bits per heavy atom. The first kappa shape index (κ1) is 9.32. The van der Waals surface area contributed by atoms with Gasteiger partial charge in [0.1, 0.15) is 0 Å². The number of hydrogen-bond donors (Lipinski definition) is 0. The summed E-state index contributed by atoms with van der Waals surface area (Å²) in [6.45, 7) is 0.915. The highest BCUT2D eigenvalue weighted by Crippen LogP contribution is 2.34. The third-order valence-electron chi connectivity index (χ3n) is 3.01. The lowest BCUT2D eigenvalue weighted by molar-refractivity contribution is -0.132. The first-order chi connectivity index (χ1) is 6.16. The fourth-order valence-corrected chi connectivity index (χ4v) is 2.43. The SMILES string of the molecule is CN(CC1CC(Cl)C1)C(=O)C1CC1. The van der Waals surface area contributed by atoms with Crippen molar-refractivity contribution in [1.82, 2.24) is 4.90 Å². The summed E-state index contributed by atoms with van der Waals surface area (Å²) >= 11 is 5.88. The monoisotopic (exact) mass is 201 g/mol. The van der Waals surface area contributed by atoms with Gasteiger partial charge < -0.3 is 4.90 Å². The molecule has 0 saturated heterocycles. The molecule has 0 aromatic carbocycles. The Kier molecular flexibility index (Phi) is 2.50. The summed E-state index contributed by atoms with van der Waals surface area (Å²) < 4.78 is 0. The molecule has 0 aliphatic heterocycles. The molecule has 2 aliphatic carbocycles. The molecule has 0 unspecified atom stereocenters. The van der Waals surface area contributed by atoms with E-state index in [1.54, 1.807) is 0 Å². The van der Waals surface area contributed by atoms with Crippen molar-refractivity contribution in [1.29, 1.82) is 0 Å². The molecule has 74 valence electrons. The Labute approximate surface area is 84.2 Å². The topological polar surface area (TPSA) is 20.3 Å². The van der Waals surface area contributed by atoms with E-state index < -0.39 is 0 Å². The van der Waals surface area contributed by atoms with Crippen LogP contribution in [0.4, 0.5) is 0 Å². The molecular formula is C10H16ClNO. The van der Waals surface area contributed by atoms with Crippen LogP contribution in [0.2, 0.25) is 0 Å². The molecule has 0 heterocycles. The second-order valence-electron chi connectivity index (χ2n) is 4.43. The molecule has 2 saturated carbocycles. The van der Waals surface area contributed by atoms with Crippen molar-refractivity contribution in [3.8, 4) is 0 Å². The van der Waals surface area contributed by atoms with Crippen molar-refractivity contribution in [2.45, 2.75) is 31.1 Å². The summed E-state index contributed by atoms with van der Waals surface area (Å²) in [6, 6.07) is 0. The lowest BCUT2D eigenvalue weighted by atomic mass is 9.84. The van der Waals surface area contributed by atoms with Crippen molar-refractivity contribution in [2.75, 3.05) is 13.6 Å². The van der Waals surface area contributed by atoms with Crippen molar-refractivity contribution in [3.63, 3.8) is 0 Å². The molecule has 2 rings (SSSR count). The summed E-state index contributed by atoms with van der Waals surface area (Å²) in [5, 5.41) is 0.370. The minimum Gasteiger partial charge on any atom is -0.345 e. The summed E-state index contributed by atoms with van der Waals surface area (Å²) in [7, 11) is 1.92. The van der Waals surface area contributed by atoms with Crippen LogP contribution < -0.4 is 0 Å². The van der Waals surface area contributed by atoms with E-state index in [-0.39, 0.29) is 0 Å². The molecule has 3 heteroatoms. The Morgan fingerprint density at radius 2 is 2.08 bits per heavy atom. The highest BCUT2D eigenvalue weighted by molar-refractivity contribution is 6.21. The lowest BCUT2D eigenvalue weighted by Crippen LogP contribution is -2.38. The molecule has 0 bridgehead atoms. The maximum atomic E-state index is 11.6. The van der Waals surface area contributed by atoms with Gasteiger partial charge in [-0.25, -0.2) is 0 Å². The van der Waals surface area contributed by atoms with Gasteiger partial charge in [-0.15, -0.1) is 11.6 Å². The molecule has 0 aromatic rings. The summed E-state index contributed by atoms with van der Waals surface area (Å²) in [4.78, 5) is 13.4. The minimum atomic E-state index is 0.345. The number of carbonyl (C=O) groups excluding carboxylic acids is 1. The van der Waals surface area contributed by atoms with Crippen LogP contribution in [0.3, 0.4) is 0 Å². The van der Waals surface area contributed by atoms with Gasteiger partial charge in [-0.3, -0.25) is 4.79 Å². The fraction of sp³-hybridized carbons (Fsp3) is 0.900. The number of amides is 1. The highest BCUT2D eigenvalue weighted by Gasteiger charge is 2.34. The molecular weight excluding hydrogens is 186 g/mol. The molecule has 0 N–H and O–H groups in total. The van der Waals surface area contributed by atoms with Crippen molar-refractivity contribution in [2.24, 2.45) is 11.8 Å². The zero-order chi connectivity index (χ0) is 9.42. The van der Waals surface area contributed by atoms with Crippen molar-refractivity contribution in [3.05, 3.63) is 0 Å². The zero-order valence-electron chi connectivity index (χ0n) is 8.00. The minimum absolute atomic E-state index is 0.345. The van der Waals surface area contributed by atoms with Crippen molar-refractivity contribution < 1.29 is 4.79 Å². The second-order valence-corrected chi connectivity index (χ2v) is 5.04. The highest BCUT2D eigenvalue weighted by atomic mass is 35.5. The van der Waals surface area contributed by atoms with E-state index >= 15 is 0 Å². The van der Waals surface area contributed by atoms with Crippen molar-refractivity contribution >= 4 is 17.5 Å². The zero-order valence-corrected chi connectivity index (χ0v) is 8.76. The molecule has 2 aliphatic rings. The van der Waals surface area contributed by atoms with Crippen LogP contribution in [0.15, 0.2) is 0 Å². The van der Waals surface area contributed by atoms with Gasteiger partial charge in [-0.1, -0.05) is 0 Å². The molecule has 2 nitrogen and oxygen atoms in total. The van der Waals surface area contributed by atoms with Crippen LogP contribution in [-0.4, -0.2) is 29.8 Å².